The van der Waals surface area contributed by atoms with Crippen LogP contribution in [0.15, 0.2) is 30.3 Å². The standard InChI is InChI=1S/C21H29N5O2S/c1-17-6-5-7-19(14-17)16-29(27,28)26-12-10-25(11-13-26)21-15-20(22-18(2)23-21)24-8-3-4-9-24/h5-7,14-15H,3-4,8-13,16H2,1-2H3. The van der Waals surface area contributed by atoms with Crippen molar-refractivity contribution in [2.75, 3.05) is 49.1 Å². The molecule has 29 heavy (non-hydrogen) atoms. The van der Waals surface area contributed by atoms with Crippen LogP contribution < -0.4 is 9.80 Å². The molecule has 1 aromatic carbocycles. The van der Waals surface area contributed by atoms with Gasteiger partial charge in [0.25, 0.3) is 0 Å². The fourth-order valence-electron chi connectivity index (χ4n) is 4.11. The summed E-state index contributed by atoms with van der Waals surface area (Å²) in [6.07, 6.45) is 2.41. The number of hydrogen-bond donors (Lipinski definition) is 0. The van der Waals surface area contributed by atoms with E-state index in [1.165, 1.54) is 12.8 Å². The van der Waals surface area contributed by atoms with Crippen molar-refractivity contribution in [1.29, 1.82) is 0 Å². The van der Waals surface area contributed by atoms with Crippen LogP contribution in [0.4, 0.5) is 11.6 Å². The molecule has 2 aliphatic rings. The number of aromatic nitrogens is 2. The summed E-state index contributed by atoms with van der Waals surface area (Å²) in [5.41, 5.74) is 1.92. The molecule has 7 nitrogen and oxygen atoms in total. The molecule has 0 radical (unpaired) electrons. The molecule has 2 fully saturated rings. The quantitative estimate of drug-likeness (QED) is 0.747. The van der Waals surface area contributed by atoms with Gasteiger partial charge in [-0.2, -0.15) is 4.31 Å². The van der Waals surface area contributed by atoms with Crippen LogP contribution in [0.1, 0.15) is 29.8 Å². The van der Waals surface area contributed by atoms with Crippen molar-refractivity contribution < 1.29 is 8.42 Å². The molecule has 2 saturated heterocycles. The fourth-order valence-corrected chi connectivity index (χ4v) is 5.61. The van der Waals surface area contributed by atoms with Crippen LogP contribution in [-0.2, 0) is 15.8 Å². The number of piperazine rings is 1. The van der Waals surface area contributed by atoms with Crippen molar-refractivity contribution in [3.63, 3.8) is 0 Å². The molecule has 0 spiro atoms. The maximum absolute atomic E-state index is 12.9. The molecule has 156 valence electrons. The first-order chi connectivity index (χ1) is 13.9. The van der Waals surface area contributed by atoms with E-state index in [4.69, 9.17) is 0 Å². The minimum absolute atomic E-state index is 0.0560. The molecule has 2 aliphatic heterocycles. The first kappa shape index (κ1) is 20.1. The second-order valence-corrected chi connectivity index (χ2v) is 9.93. The van der Waals surface area contributed by atoms with E-state index in [1.807, 2.05) is 38.1 Å². The molecule has 4 rings (SSSR count). The third kappa shape index (κ3) is 4.70. The summed E-state index contributed by atoms with van der Waals surface area (Å²) in [5, 5.41) is 0. The molecular formula is C21H29N5O2S. The Bertz CT molecular complexity index is 965. The van der Waals surface area contributed by atoms with E-state index in [-0.39, 0.29) is 5.75 Å². The highest BCUT2D eigenvalue weighted by Gasteiger charge is 2.28. The summed E-state index contributed by atoms with van der Waals surface area (Å²) >= 11 is 0. The normalized spacial score (nSPS) is 18.4. The first-order valence-electron chi connectivity index (χ1n) is 10.3. The summed E-state index contributed by atoms with van der Waals surface area (Å²) in [6.45, 7) is 8.24. The predicted octanol–water partition coefficient (Wildman–Crippen LogP) is 2.35. The Morgan fingerprint density at radius 2 is 1.48 bits per heavy atom. The molecule has 8 heteroatoms. The summed E-state index contributed by atoms with van der Waals surface area (Å²) in [5.74, 6) is 2.70. The number of hydrogen-bond acceptors (Lipinski definition) is 6. The second kappa shape index (κ2) is 8.28. The SMILES string of the molecule is Cc1cccc(CS(=O)(=O)N2CCN(c3cc(N4CCCC4)nc(C)n3)CC2)c1. The third-order valence-corrected chi connectivity index (χ3v) is 7.48. The highest BCUT2D eigenvalue weighted by molar-refractivity contribution is 7.88. The number of sulfonamides is 1. The zero-order valence-corrected chi connectivity index (χ0v) is 18.0. The smallest absolute Gasteiger partial charge is 0.218 e. The largest absolute Gasteiger partial charge is 0.356 e. The first-order valence-corrected chi connectivity index (χ1v) is 11.9. The maximum Gasteiger partial charge on any atom is 0.218 e. The van der Waals surface area contributed by atoms with Crippen LogP contribution in [0.2, 0.25) is 0 Å². The van der Waals surface area contributed by atoms with Gasteiger partial charge in [-0.15, -0.1) is 0 Å². The Labute approximate surface area is 173 Å². The van der Waals surface area contributed by atoms with Gasteiger partial charge in [-0.25, -0.2) is 18.4 Å². The average Bonchev–Trinajstić information content (AvgIpc) is 3.22. The van der Waals surface area contributed by atoms with Crippen LogP contribution >= 0.6 is 0 Å². The molecule has 1 aromatic heterocycles. The van der Waals surface area contributed by atoms with Crippen LogP contribution in [0.3, 0.4) is 0 Å². The van der Waals surface area contributed by atoms with Gasteiger partial charge in [0.1, 0.15) is 17.5 Å². The Morgan fingerprint density at radius 1 is 0.862 bits per heavy atom. The minimum atomic E-state index is -3.32. The van der Waals surface area contributed by atoms with Crippen molar-refractivity contribution in [2.24, 2.45) is 0 Å². The van der Waals surface area contributed by atoms with Gasteiger partial charge in [0.05, 0.1) is 5.75 Å². The highest BCUT2D eigenvalue weighted by atomic mass is 32.2. The summed E-state index contributed by atoms with van der Waals surface area (Å²) in [7, 11) is -3.32. The lowest BCUT2D eigenvalue weighted by Crippen LogP contribution is -2.49. The number of benzene rings is 1. The van der Waals surface area contributed by atoms with Crippen molar-refractivity contribution >= 4 is 21.7 Å². The van der Waals surface area contributed by atoms with Crippen molar-refractivity contribution in [3.8, 4) is 0 Å². The Balaban J connectivity index is 1.42. The van der Waals surface area contributed by atoms with Gasteiger partial charge in [-0.3, -0.25) is 0 Å². The predicted molar refractivity (Wildman–Crippen MR) is 116 cm³/mol. The van der Waals surface area contributed by atoms with E-state index in [9.17, 15) is 8.42 Å². The fraction of sp³-hybridized carbons (Fsp3) is 0.524. The van der Waals surface area contributed by atoms with Crippen LogP contribution in [0.25, 0.3) is 0 Å². The number of anilines is 2. The topological polar surface area (TPSA) is 69.6 Å². The second-order valence-electron chi connectivity index (χ2n) is 7.96. The maximum atomic E-state index is 12.9. The Morgan fingerprint density at radius 3 is 2.10 bits per heavy atom. The number of nitrogens with zero attached hydrogens (tertiary/aromatic N) is 5. The monoisotopic (exact) mass is 415 g/mol. The Hall–Kier alpha value is -2.19. The van der Waals surface area contributed by atoms with Crippen LogP contribution in [-0.4, -0.2) is 62.0 Å². The van der Waals surface area contributed by atoms with E-state index in [0.717, 1.165) is 41.7 Å². The van der Waals surface area contributed by atoms with E-state index < -0.39 is 10.0 Å². The van der Waals surface area contributed by atoms with E-state index in [1.54, 1.807) is 4.31 Å². The lowest BCUT2D eigenvalue weighted by Gasteiger charge is -2.35. The van der Waals surface area contributed by atoms with Crippen LogP contribution in [0, 0.1) is 13.8 Å². The lowest BCUT2D eigenvalue weighted by molar-refractivity contribution is 0.383. The van der Waals surface area contributed by atoms with Gasteiger partial charge in [0.2, 0.25) is 10.0 Å². The van der Waals surface area contributed by atoms with Crippen molar-refractivity contribution in [3.05, 3.63) is 47.3 Å². The zero-order chi connectivity index (χ0) is 20.4. The zero-order valence-electron chi connectivity index (χ0n) is 17.2. The molecule has 0 aliphatic carbocycles. The van der Waals surface area contributed by atoms with E-state index in [2.05, 4.69) is 25.8 Å². The summed E-state index contributed by atoms with van der Waals surface area (Å²) < 4.78 is 27.3. The van der Waals surface area contributed by atoms with Gasteiger partial charge in [0, 0.05) is 45.3 Å². The molecule has 0 N–H and O–H groups in total. The number of rotatable bonds is 5. The summed E-state index contributed by atoms with van der Waals surface area (Å²) in [6, 6.07) is 9.76. The molecule has 0 bridgehead atoms. The van der Waals surface area contributed by atoms with Crippen molar-refractivity contribution in [2.45, 2.75) is 32.4 Å². The molecule has 0 unspecified atom stereocenters. The van der Waals surface area contributed by atoms with Gasteiger partial charge >= 0.3 is 0 Å². The molecule has 0 atom stereocenters. The van der Waals surface area contributed by atoms with Gasteiger partial charge in [-0.1, -0.05) is 29.8 Å². The molecule has 0 saturated carbocycles. The van der Waals surface area contributed by atoms with E-state index in [0.29, 0.717) is 26.2 Å². The molecular weight excluding hydrogens is 386 g/mol. The molecule has 3 heterocycles. The number of aryl methyl sites for hydroxylation is 2. The van der Waals surface area contributed by atoms with Crippen LogP contribution in [0.5, 0.6) is 0 Å². The molecule has 0 amide bonds. The van der Waals surface area contributed by atoms with Gasteiger partial charge in [-0.05, 0) is 32.3 Å². The molecule has 2 aromatic rings. The van der Waals surface area contributed by atoms with E-state index >= 15 is 0 Å². The summed E-state index contributed by atoms with van der Waals surface area (Å²) in [4.78, 5) is 13.7. The highest BCUT2D eigenvalue weighted by Crippen LogP contribution is 2.24. The average molecular weight is 416 g/mol. The third-order valence-electron chi connectivity index (χ3n) is 5.63. The van der Waals surface area contributed by atoms with Gasteiger partial charge < -0.3 is 9.80 Å². The lowest BCUT2D eigenvalue weighted by atomic mass is 10.2. The van der Waals surface area contributed by atoms with Gasteiger partial charge in [0.15, 0.2) is 0 Å². The Kier molecular flexibility index (Phi) is 5.74. The minimum Gasteiger partial charge on any atom is -0.356 e. The van der Waals surface area contributed by atoms with Crippen molar-refractivity contribution in [1.82, 2.24) is 14.3 Å².